The molecule has 5 heteroatoms. The highest BCUT2D eigenvalue weighted by Crippen LogP contribution is 2.33. The van der Waals surface area contributed by atoms with Gasteiger partial charge in [0.05, 0.1) is 6.04 Å². The molecule has 2 atom stereocenters. The summed E-state index contributed by atoms with van der Waals surface area (Å²) in [4.78, 5) is 19.1. The zero-order chi connectivity index (χ0) is 15.4. The van der Waals surface area contributed by atoms with E-state index in [2.05, 4.69) is 4.98 Å². The first-order valence-electron chi connectivity index (χ1n) is 7.75. The average molecular weight is 315 g/mol. The predicted molar refractivity (Wildman–Crippen MR) is 88.4 cm³/mol. The summed E-state index contributed by atoms with van der Waals surface area (Å²) in [7, 11) is 0. The van der Waals surface area contributed by atoms with Gasteiger partial charge in [0.15, 0.2) is 0 Å². The third kappa shape index (κ3) is 3.36. The molecular formula is C17H21N3OS. The summed E-state index contributed by atoms with van der Waals surface area (Å²) in [5, 5.41) is 3.02. The minimum atomic E-state index is -0.243. The summed E-state index contributed by atoms with van der Waals surface area (Å²) in [6.45, 7) is 0.810. The van der Waals surface area contributed by atoms with Crippen molar-refractivity contribution in [2.75, 3.05) is 6.54 Å². The van der Waals surface area contributed by atoms with Gasteiger partial charge in [-0.2, -0.15) is 0 Å². The van der Waals surface area contributed by atoms with Gasteiger partial charge >= 0.3 is 0 Å². The van der Waals surface area contributed by atoms with Crippen molar-refractivity contribution < 1.29 is 4.79 Å². The molecule has 0 saturated carbocycles. The van der Waals surface area contributed by atoms with Crippen LogP contribution in [0, 0.1) is 0 Å². The number of hydrogen-bond donors (Lipinski definition) is 1. The van der Waals surface area contributed by atoms with E-state index < -0.39 is 0 Å². The van der Waals surface area contributed by atoms with E-state index in [1.54, 1.807) is 11.3 Å². The van der Waals surface area contributed by atoms with Gasteiger partial charge in [-0.25, -0.2) is 4.98 Å². The minimum Gasteiger partial charge on any atom is -0.333 e. The van der Waals surface area contributed by atoms with Gasteiger partial charge in [0, 0.05) is 30.6 Å². The van der Waals surface area contributed by atoms with Gasteiger partial charge in [0.1, 0.15) is 5.01 Å². The van der Waals surface area contributed by atoms with E-state index in [1.807, 2.05) is 46.8 Å². The van der Waals surface area contributed by atoms with Crippen LogP contribution in [0.3, 0.4) is 0 Å². The Balaban J connectivity index is 1.70. The molecular weight excluding hydrogens is 294 g/mol. The Morgan fingerprint density at radius 3 is 2.91 bits per heavy atom. The van der Waals surface area contributed by atoms with Crippen molar-refractivity contribution in [2.24, 2.45) is 5.73 Å². The number of thiazole rings is 1. The van der Waals surface area contributed by atoms with Gasteiger partial charge in [-0.3, -0.25) is 4.79 Å². The highest BCUT2D eigenvalue weighted by atomic mass is 32.1. The van der Waals surface area contributed by atoms with Crippen LogP contribution in [0.15, 0.2) is 41.9 Å². The lowest BCUT2D eigenvalue weighted by molar-refractivity contribution is -0.135. The topological polar surface area (TPSA) is 59.2 Å². The van der Waals surface area contributed by atoms with Crippen LogP contribution in [0.2, 0.25) is 0 Å². The molecule has 2 aromatic rings. The van der Waals surface area contributed by atoms with Gasteiger partial charge in [-0.15, -0.1) is 11.3 Å². The van der Waals surface area contributed by atoms with E-state index in [0.717, 1.165) is 36.4 Å². The SMILES string of the molecule is NC(CC(=O)N1CCCCC1c1nccs1)c1ccccc1. The summed E-state index contributed by atoms with van der Waals surface area (Å²) in [5.41, 5.74) is 7.22. The second kappa shape index (κ2) is 7.03. The maximum atomic E-state index is 12.7. The van der Waals surface area contributed by atoms with Crippen LogP contribution in [-0.4, -0.2) is 22.3 Å². The van der Waals surface area contributed by atoms with Crippen LogP contribution in [-0.2, 0) is 4.79 Å². The zero-order valence-electron chi connectivity index (χ0n) is 12.5. The van der Waals surface area contributed by atoms with Gasteiger partial charge < -0.3 is 10.6 Å². The van der Waals surface area contributed by atoms with E-state index in [0.29, 0.717) is 6.42 Å². The summed E-state index contributed by atoms with van der Waals surface area (Å²) in [5.74, 6) is 0.135. The molecule has 0 aliphatic carbocycles. The molecule has 0 bridgehead atoms. The minimum absolute atomic E-state index is 0.129. The van der Waals surface area contributed by atoms with Gasteiger partial charge in [-0.1, -0.05) is 30.3 Å². The lowest BCUT2D eigenvalue weighted by Crippen LogP contribution is -2.39. The fourth-order valence-electron chi connectivity index (χ4n) is 3.01. The van der Waals surface area contributed by atoms with Crippen LogP contribution in [0.1, 0.15) is 48.3 Å². The fourth-order valence-corrected chi connectivity index (χ4v) is 3.79. The van der Waals surface area contributed by atoms with Crippen molar-refractivity contribution in [3.63, 3.8) is 0 Å². The lowest BCUT2D eigenvalue weighted by atomic mass is 9.99. The van der Waals surface area contributed by atoms with Crippen molar-refractivity contribution in [1.82, 2.24) is 9.88 Å². The van der Waals surface area contributed by atoms with Crippen LogP contribution in [0.25, 0.3) is 0 Å². The number of hydrogen-bond acceptors (Lipinski definition) is 4. The van der Waals surface area contributed by atoms with Gasteiger partial charge in [0.2, 0.25) is 5.91 Å². The molecule has 1 aromatic carbocycles. The van der Waals surface area contributed by atoms with E-state index in [4.69, 9.17) is 5.73 Å². The Morgan fingerprint density at radius 2 is 2.18 bits per heavy atom. The maximum absolute atomic E-state index is 12.7. The first-order valence-corrected chi connectivity index (χ1v) is 8.63. The molecule has 0 spiro atoms. The summed E-state index contributed by atoms with van der Waals surface area (Å²) < 4.78 is 0. The highest BCUT2D eigenvalue weighted by Gasteiger charge is 2.30. The van der Waals surface area contributed by atoms with E-state index in [9.17, 15) is 4.79 Å². The third-order valence-corrected chi connectivity index (χ3v) is 5.06. The van der Waals surface area contributed by atoms with Crippen molar-refractivity contribution >= 4 is 17.2 Å². The molecule has 1 aromatic heterocycles. The Morgan fingerprint density at radius 1 is 1.36 bits per heavy atom. The van der Waals surface area contributed by atoms with E-state index >= 15 is 0 Å². The first-order chi connectivity index (χ1) is 10.8. The standard InChI is InChI=1S/C17H21N3OS/c18-14(13-6-2-1-3-7-13)12-16(21)20-10-5-4-8-15(20)17-19-9-11-22-17/h1-3,6-7,9,11,14-15H,4-5,8,10,12,18H2. The summed E-state index contributed by atoms with van der Waals surface area (Å²) >= 11 is 1.63. The number of nitrogens with two attached hydrogens (primary N) is 1. The molecule has 2 heterocycles. The Hall–Kier alpha value is -1.72. The summed E-state index contributed by atoms with van der Waals surface area (Å²) in [6, 6.07) is 9.72. The Kier molecular flexibility index (Phi) is 4.85. The number of benzene rings is 1. The number of piperidine rings is 1. The first kappa shape index (κ1) is 15.2. The van der Waals surface area contributed by atoms with Crippen molar-refractivity contribution in [2.45, 2.75) is 37.8 Å². The second-order valence-electron chi connectivity index (χ2n) is 5.69. The molecule has 1 amide bonds. The van der Waals surface area contributed by atoms with Crippen molar-refractivity contribution in [1.29, 1.82) is 0 Å². The smallest absolute Gasteiger partial charge is 0.225 e. The molecule has 1 aliphatic heterocycles. The third-order valence-electron chi connectivity index (χ3n) is 4.18. The Bertz CT molecular complexity index is 600. The number of carbonyl (C=O) groups is 1. The molecule has 2 N–H and O–H groups in total. The molecule has 4 nitrogen and oxygen atoms in total. The van der Waals surface area contributed by atoms with Crippen molar-refractivity contribution in [3.8, 4) is 0 Å². The molecule has 2 unspecified atom stereocenters. The van der Waals surface area contributed by atoms with Gasteiger partial charge in [-0.05, 0) is 24.8 Å². The largest absolute Gasteiger partial charge is 0.333 e. The normalized spacial score (nSPS) is 19.9. The van der Waals surface area contributed by atoms with Crippen LogP contribution in [0.5, 0.6) is 0 Å². The number of amides is 1. The Labute approximate surface area is 135 Å². The number of rotatable bonds is 4. The number of carbonyl (C=O) groups excluding carboxylic acids is 1. The highest BCUT2D eigenvalue weighted by molar-refractivity contribution is 7.09. The number of likely N-dealkylation sites (tertiary alicyclic amines) is 1. The molecule has 22 heavy (non-hydrogen) atoms. The molecule has 3 rings (SSSR count). The van der Waals surface area contributed by atoms with Crippen LogP contribution >= 0.6 is 11.3 Å². The molecule has 0 radical (unpaired) electrons. The lowest BCUT2D eigenvalue weighted by Gasteiger charge is -2.35. The fraction of sp³-hybridized carbons (Fsp3) is 0.412. The molecule has 1 fully saturated rings. The van der Waals surface area contributed by atoms with Crippen LogP contribution in [0.4, 0.5) is 0 Å². The van der Waals surface area contributed by atoms with E-state index in [1.165, 1.54) is 0 Å². The second-order valence-corrected chi connectivity index (χ2v) is 6.62. The monoisotopic (exact) mass is 315 g/mol. The van der Waals surface area contributed by atoms with E-state index in [-0.39, 0.29) is 18.0 Å². The number of nitrogens with zero attached hydrogens (tertiary/aromatic N) is 2. The summed E-state index contributed by atoms with van der Waals surface area (Å²) in [6.07, 6.45) is 5.38. The molecule has 1 saturated heterocycles. The molecule has 1 aliphatic rings. The maximum Gasteiger partial charge on any atom is 0.225 e. The predicted octanol–water partition coefficient (Wildman–Crippen LogP) is 3.29. The quantitative estimate of drug-likeness (QED) is 0.942. The zero-order valence-corrected chi connectivity index (χ0v) is 13.3. The average Bonchev–Trinajstić information content (AvgIpc) is 3.10. The number of aromatic nitrogens is 1. The van der Waals surface area contributed by atoms with Gasteiger partial charge in [0.25, 0.3) is 0 Å². The molecule has 116 valence electrons. The van der Waals surface area contributed by atoms with Crippen molar-refractivity contribution in [3.05, 3.63) is 52.5 Å². The van der Waals surface area contributed by atoms with Crippen LogP contribution < -0.4 is 5.73 Å².